The van der Waals surface area contributed by atoms with Crippen molar-refractivity contribution in [2.24, 2.45) is 0 Å². The zero-order chi connectivity index (χ0) is 15.5. The van der Waals surface area contributed by atoms with Gasteiger partial charge in [-0.1, -0.05) is 12.8 Å². The molecule has 21 heavy (non-hydrogen) atoms. The molecule has 0 atom stereocenters. The van der Waals surface area contributed by atoms with Crippen molar-refractivity contribution in [1.82, 2.24) is 15.1 Å². The maximum atomic E-state index is 12.4. The molecule has 7 nitrogen and oxygen atoms in total. The van der Waals surface area contributed by atoms with Crippen molar-refractivity contribution >= 4 is 17.9 Å². The van der Waals surface area contributed by atoms with Crippen molar-refractivity contribution < 1.29 is 19.5 Å². The summed E-state index contributed by atoms with van der Waals surface area (Å²) in [6, 6.07) is -0.318. The number of nitrogens with zero attached hydrogens (tertiary/aromatic N) is 2. The zero-order valence-electron chi connectivity index (χ0n) is 12.4. The maximum absolute atomic E-state index is 12.4. The van der Waals surface area contributed by atoms with Crippen molar-refractivity contribution in [3.8, 4) is 0 Å². The van der Waals surface area contributed by atoms with Crippen LogP contribution in [0.15, 0.2) is 0 Å². The highest BCUT2D eigenvalue weighted by molar-refractivity contribution is 5.85. The van der Waals surface area contributed by atoms with Crippen LogP contribution in [0.2, 0.25) is 0 Å². The highest BCUT2D eigenvalue weighted by Gasteiger charge is 2.38. The van der Waals surface area contributed by atoms with Gasteiger partial charge < -0.3 is 20.2 Å². The van der Waals surface area contributed by atoms with Gasteiger partial charge in [-0.05, 0) is 19.3 Å². The van der Waals surface area contributed by atoms with E-state index in [1.807, 2.05) is 0 Å². The third-order valence-electron chi connectivity index (χ3n) is 4.38. The summed E-state index contributed by atoms with van der Waals surface area (Å²) in [6.07, 6.45) is 3.91. The van der Waals surface area contributed by atoms with Crippen LogP contribution in [-0.4, -0.2) is 65.0 Å². The van der Waals surface area contributed by atoms with E-state index >= 15 is 0 Å². The monoisotopic (exact) mass is 297 g/mol. The SMILES string of the molecule is CN1CCCN(C(=O)NC2(CC(=O)O)CCCC2)CC1=O. The van der Waals surface area contributed by atoms with E-state index in [1.165, 1.54) is 4.90 Å². The number of carboxylic acid groups (broad SMARTS) is 1. The van der Waals surface area contributed by atoms with Crippen LogP contribution in [-0.2, 0) is 9.59 Å². The second-order valence-electron chi connectivity index (χ2n) is 6.08. The molecule has 3 amide bonds. The number of rotatable bonds is 3. The Kier molecular flexibility index (Phi) is 4.69. The Labute approximate surface area is 124 Å². The highest BCUT2D eigenvalue weighted by atomic mass is 16.4. The van der Waals surface area contributed by atoms with Crippen LogP contribution in [0.3, 0.4) is 0 Å². The topological polar surface area (TPSA) is 89.9 Å². The van der Waals surface area contributed by atoms with Crippen LogP contribution < -0.4 is 5.32 Å². The number of hydrogen-bond acceptors (Lipinski definition) is 3. The van der Waals surface area contributed by atoms with Crippen molar-refractivity contribution in [2.75, 3.05) is 26.7 Å². The molecule has 2 N–H and O–H groups in total. The molecule has 118 valence electrons. The van der Waals surface area contributed by atoms with E-state index in [0.29, 0.717) is 25.9 Å². The number of urea groups is 1. The molecule has 0 unspecified atom stereocenters. The Morgan fingerprint density at radius 2 is 1.90 bits per heavy atom. The number of hydrogen-bond donors (Lipinski definition) is 2. The van der Waals surface area contributed by atoms with E-state index in [-0.39, 0.29) is 24.9 Å². The Morgan fingerprint density at radius 3 is 2.52 bits per heavy atom. The Morgan fingerprint density at radius 1 is 1.24 bits per heavy atom. The van der Waals surface area contributed by atoms with Crippen LogP contribution in [0.25, 0.3) is 0 Å². The first-order chi connectivity index (χ1) is 9.92. The van der Waals surface area contributed by atoms with E-state index in [4.69, 9.17) is 5.11 Å². The summed E-state index contributed by atoms with van der Waals surface area (Å²) >= 11 is 0. The lowest BCUT2D eigenvalue weighted by atomic mass is 9.93. The summed E-state index contributed by atoms with van der Waals surface area (Å²) in [5, 5.41) is 12.0. The smallest absolute Gasteiger partial charge is 0.318 e. The molecule has 1 aliphatic carbocycles. The molecule has 1 saturated carbocycles. The van der Waals surface area contributed by atoms with Crippen molar-refractivity contribution in [3.05, 3.63) is 0 Å². The quantitative estimate of drug-likeness (QED) is 0.800. The molecule has 1 heterocycles. The van der Waals surface area contributed by atoms with Crippen molar-refractivity contribution in [3.63, 3.8) is 0 Å². The van der Waals surface area contributed by atoms with Gasteiger partial charge in [-0.25, -0.2) is 4.79 Å². The van der Waals surface area contributed by atoms with Crippen LogP contribution in [0.1, 0.15) is 38.5 Å². The average Bonchev–Trinajstić information content (AvgIpc) is 2.76. The number of carbonyl (C=O) groups excluding carboxylic acids is 2. The third-order valence-corrected chi connectivity index (χ3v) is 4.38. The molecular weight excluding hydrogens is 274 g/mol. The van der Waals surface area contributed by atoms with E-state index in [9.17, 15) is 14.4 Å². The minimum atomic E-state index is -0.899. The predicted octanol–water partition coefficient (Wildman–Crippen LogP) is 0.648. The van der Waals surface area contributed by atoms with Gasteiger partial charge in [-0.3, -0.25) is 9.59 Å². The molecule has 0 aromatic heterocycles. The fraction of sp³-hybridized carbons (Fsp3) is 0.786. The minimum Gasteiger partial charge on any atom is -0.481 e. The van der Waals surface area contributed by atoms with Gasteiger partial charge in [0.05, 0.1) is 12.0 Å². The van der Waals surface area contributed by atoms with Crippen LogP contribution in [0, 0.1) is 0 Å². The van der Waals surface area contributed by atoms with E-state index < -0.39 is 11.5 Å². The van der Waals surface area contributed by atoms with Crippen LogP contribution in [0.5, 0.6) is 0 Å². The van der Waals surface area contributed by atoms with E-state index in [1.54, 1.807) is 11.9 Å². The minimum absolute atomic E-state index is 0.0551. The van der Waals surface area contributed by atoms with Crippen LogP contribution >= 0.6 is 0 Å². The first-order valence-corrected chi connectivity index (χ1v) is 7.45. The fourth-order valence-corrected chi connectivity index (χ4v) is 3.15. The second-order valence-corrected chi connectivity index (χ2v) is 6.08. The lowest BCUT2D eigenvalue weighted by Gasteiger charge is -2.32. The summed E-state index contributed by atoms with van der Waals surface area (Å²) < 4.78 is 0. The molecule has 0 aromatic rings. The van der Waals surface area contributed by atoms with Gasteiger partial charge in [0.2, 0.25) is 5.91 Å². The summed E-state index contributed by atoms with van der Waals surface area (Å²) in [6.45, 7) is 1.22. The molecule has 7 heteroatoms. The molecular formula is C14H23N3O4. The molecule has 0 bridgehead atoms. The van der Waals surface area contributed by atoms with Crippen LogP contribution in [0.4, 0.5) is 4.79 Å². The number of carbonyl (C=O) groups is 3. The number of aliphatic carboxylic acids is 1. The highest BCUT2D eigenvalue weighted by Crippen LogP contribution is 2.32. The summed E-state index contributed by atoms with van der Waals surface area (Å²) in [5.74, 6) is -0.981. The van der Waals surface area contributed by atoms with E-state index in [0.717, 1.165) is 19.3 Å². The van der Waals surface area contributed by atoms with Gasteiger partial charge in [0.1, 0.15) is 6.54 Å². The number of nitrogens with one attached hydrogen (secondary N) is 1. The molecule has 0 spiro atoms. The van der Waals surface area contributed by atoms with Gasteiger partial charge >= 0.3 is 12.0 Å². The largest absolute Gasteiger partial charge is 0.481 e. The molecule has 0 radical (unpaired) electrons. The Balaban J connectivity index is 2.01. The van der Waals surface area contributed by atoms with Gasteiger partial charge in [-0.15, -0.1) is 0 Å². The van der Waals surface area contributed by atoms with Crippen molar-refractivity contribution in [2.45, 2.75) is 44.1 Å². The molecule has 0 aromatic carbocycles. The number of carboxylic acids is 1. The van der Waals surface area contributed by atoms with Gasteiger partial charge in [0.15, 0.2) is 0 Å². The molecule has 2 fully saturated rings. The van der Waals surface area contributed by atoms with Gasteiger partial charge in [-0.2, -0.15) is 0 Å². The fourth-order valence-electron chi connectivity index (χ4n) is 3.15. The lowest BCUT2D eigenvalue weighted by molar-refractivity contribution is -0.138. The Bertz CT molecular complexity index is 432. The number of likely N-dealkylation sites (N-methyl/N-ethyl adjacent to an activating group) is 1. The second kappa shape index (κ2) is 6.32. The molecule has 1 saturated heterocycles. The van der Waals surface area contributed by atoms with Gasteiger partial charge in [0.25, 0.3) is 0 Å². The lowest BCUT2D eigenvalue weighted by Crippen LogP contribution is -2.54. The molecule has 2 rings (SSSR count). The summed E-state index contributed by atoms with van der Waals surface area (Å²) in [5.41, 5.74) is -0.649. The summed E-state index contributed by atoms with van der Waals surface area (Å²) in [7, 11) is 1.73. The standard InChI is InChI=1S/C14H23N3O4/c1-16-7-4-8-17(10-11(16)18)13(21)15-14(9-12(19)20)5-2-3-6-14/h2-10H2,1H3,(H,15,21)(H,19,20). The average molecular weight is 297 g/mol. The predicted molar refractivity (Wildman–Crippen MR) is 75.8 cm³/mol. The maximum Gasteiger partial charge on any atom is 0.318 e. The Hall–Kier alpha value is -1.79. The van der Waals surface area contributed by atoms with E-state index in [2.05, 4.69) is 5.32 Å². The molecule has 1 aliphatic heterocycles. The van der Waals surface area contributed by atoms with Crippen molar-refractivity contribution in [1.29, 1.82) is 0 Å². The first-order valence-electron chi connectivity index (χ1n) is 7.45. The normalized spacial score (nSPS) is 22.0. The first kappa shape index (κ1) is 15.6. The zero-order valence-corrected chi connectivity index (χ0v) is 12.4. The van der Waals surface area contributed by atoms with Gasteiger partial charge in [0, 0.05) is 20.1 Å². The summed E-state index contributed by atoms with van der Waals surface area (Å²) in [4.78, 5) is 38.4. The third kappa shape index (κ3) is 3.86. The molecule has 2 aliphatic rings. The number of amides is 3.